The lowest BCUT2D eigenvalue weighted by Gasteiger charge is -2.15. The van der Waals surface area contributed by atoms with Crippen LogP contribution in [0.25, 0.3) is 0 Å². The average Bonchev–Trinajstić information content (AvgIpc) is 3.33. The zero-order chi connectivity index (χ0) is 19.8. The maximum atomic E-state index is 13.8. The summed E-state index contributed by atoms with van der Waals surface area (Å²) in [5.41, 5.74) is -1.78. The molecule has 27 heavy (non-hydrogen) atoms. The number of carbonyl (C=O) groups is 1. The Morgan fingerprint density at radius 1 is 1.30 bits per heavy atom. The molecular formula is C17H16ClF4N3O2. The molecule has 0 spiro atoms. The number of nitrogens with one attached hydrogen (secondary N) is 1. The number of carboxylic acids is 1. The molecule has 1 aliphatic carbocycles. The first-order valence-electron chi connectivity index (χ1n) is 8.20. The summed E-state index contributed by atoms with van der Waals surface area (Å²) in [6.45, 7) is -0.323. The van der Waals surface area contributed by atoms with E-state index in [9.17, 15) is 27.5 Å². The molecule has 1 fully saturated rings. The van der Waals surface area contributed by atoms with Gasteiger partial charge in [0.05, 0.1) is 12.1 Å². The fourth-order valence-corrected chi connectivity index (χ4v) is 3.13. The minimum absolute atomic E-state index is 0.0364. The molecule has 0 unspecified atom stereocenters. The second kappa shape index (κ2) is 7.47. The van der Waals surface area contributed by atoms with Crippen molar-refractivity contribution in [3.05, 3.63) is 51.8 Å². The van der Waals surface area contributed by atoms with Crippen molar-refractivity contribution in [1.29, 1.82) is 0 Å². The molecule has 2 N–H and O–H groups in total. The number of carboxylic acid groups (broad SMARTS) is 1. The SMILES string of the molecule is O=C(O)c1nn(Cc2c(F)cccc2F)c(Cl)c1CCNC1(C(F)F)CC1. The quantitative estimate of drug-likeness (QED) is 0.660. The van der Waals surface area contributed by atoms with E-state index < -0.39 is 36.1 Å². The molecule has 1 aromatic carbocycles. The third-order valence-electron chi connectivity index (χ3n) is 4.61. The van der Waals surface area contributed by atoms with Gasteiger partial charge in [-0.3, -0.25) is 0 Å². The molecule has 146 valence electrons. The van der Waals surface area contributed by atoms with Gasteiger partial charge in [0.15, 0.2) is 5.69 Å². The Balaban J connectivity index is 1.81. The number of rotatable bonds is 8. The molecule has 2 aromatic rings. The molecule has 0 atom stereocenters. The maximum absolute atomic E-state index is 13.8. The van der Waals surface area contributed by atoms with Gasteiger partial charge in [0.25, 0.3) is 6.43 Å². The van der Waals surface area contributed by atoms with Gasteiger partial charge in [0, 0.05) is 17.7 Å². The molecule has 1 aliphatic rings. The largest absolute Gasteiger partial charge is 0.476 e. The molecule has 1 aromatic heterocycles. The Labute approximate surface area is 156 Å². The highest BCUT2D eigenvalue weighted by Crippen LogP contribution is 2.40. The third-order valence-corrected chi connectivity index (χ3v) is 5.04. The summed E-state index contributed by atoms with van der Waals surface area (Å²) in [6.07, 6.45) is -1.79. The van der Waals surface area contributed by atoms with Crippen LogP contribution in [-0.4, -0.2) is 39.4 Å². The van der Waals surface area contributed by atoms with Crippen LogP contribution in [0.4, 0.5) is 17.6 Å². The minimum Gasteiger partial charge on any atom is -0.476 e. The number of nitrogens with zero attached hydrogens (tertiary/aromatic N) is 2. The van der Waals surface area contributed by atoms with E-state index in [1.165, 1.54) is 6.07 Å². The van der Waals surface area contributed by atoms with Crippen LogP contribution >= 0.6 is 11.6 Å². The molecule has 1 heterocycles. The fourth-order valence-electron chi connectivity index (χ4n) is 2.85. The number of halogens is 5. The van der Waals surface area contributed by atoms with Crippen molar-refractivity contribution in [2.75, 3.05) is 6.54 Å². The lowest BCUT2D eigenvalue weighted by atomic mass is 10.1. The zero-order valence-electron chi connectivity index (χ0n) is 14.0. The lowest BCUT2D eigenvalue weighted by molar-refractivity contribution is 0.0687. The summed E-state index contributed by atoms with van der Waals surface area (Å²) in [5.74, 6) is -2.99. The van der Waals surface area contributed by atoms with Gasteiger partial charge in [0.1, 0.15) is 16.8 Å². The van der Waals surface area contributed by atoms with Gasteiger partial charge in [-0.05, 0) is 31.4 Å². The highest BCUT2D eigenvalue weighted by atomic mass is 35.5. The summed E-state index contributed by atoms with van der Waals surface area (Å²) in [4.78, 5) is 11.4. The topological polar surface area (TPSA) is 67.1 Å². The van der Waals surface area contributed by atoms with Gasteiger partial charge in [-0.15, -0.1) is 0 Å². The lowest BCUT2D eigenvalue weighted by Crippen LogP contribution is -2.39. The van der Waals surface area contributed by atoms with Crippen LogP contribution in [0.1, 0.15) is 34.5 Å². The van der Waals surface area contributed by atoms with E-state index in [1.807, 2.05) is 0 Å². The van der Waals surface area contributed by atoms with Gasteiger partial charge in [-0.25, -0.2) is 27.0 Å². The Morgan fingerprint density at radius 3 is 2.44 bits per heavy atom. The Bertz CT molecular complexity index is 848. The monoisotopic (exact) mass is 405 g/mol. The highest BCUT2D eigenvalue weighted by Gasteiger charge is 2.50. The minimum atomic E-state index is -2.52. The van der Waals surface area contributed by atoms with Crippen molar-refractivity contribution in [3.63, 3.8) is 0 Å². The van der Waals surface area contributed by atoms with E-state index in [1.54, 1.807) is 0 Å². The fraction of sp³-hybridized carbons (Fsp3) is 0.412. The zero-order valence-corrected chi connectivity index (χ0v) is 14.7. The molecule has 0 saturated heterocycles. The van der Waals surface area contributed by atoms with E-state index >= 15 is 0 Å². The highest BCUT2D eigenvalue weighted by molar-refractivity contribution is 6.30. The van der Waals surface area contributed by atoms with Gasteiger partial charge in [-0.1, -0.05) is 17.7 Å². The van der Waals surface area contributed by atoms with Crippen molar-refractivity contribution >= 4 is 17.6 Å². The van der Waals surface area contributed by atoms with Crippen LogP contribution in [-0.2, 0) is 13.0 Å². The number of benzene rings is 1. The number of aromatic carboxylic acids is 1. The van der Waals surface area contributed by atoms with E-state index in [4.69, 9.17) is 11.6 Å². The Hall–Kier alpha value is -2.13. The van der Waals surface area contributed by atoms with Crippen LogP contribution in [0.2, 0.25) is 5.15 Å². The van der Waals surface area contributed by atoms with Crippen LogP contribution < -0.4 is 5.32 Å². The third kappa shape index (κ3) is 3.93. The molecular weight excluding hydrogens is 390 g/mol. The predicted molar refractivity (Wildman–Crippen MR) is 89.3 cm³/mol. The van der Waals surface area contributed by atoms with Gasteiger partial charge in [-0.2, -0.15) is 5.10 Å². The Kier molecular flexibility index (Phi) is 5.43. The standard InChI is InChI=1S/C17H16ClF4N3O2/c18-14-9(4-7-23-17(5-6-17)16(21)22)13(15(26)27)24-25(14)8-10-11(19)2-1-3-12(10)20/h1-3,16,23H,4-8H2,(H,26,27). The summed E-state index contributed by atoms with van der Waals surface area (Å²) in [5, 5.41) is 15.8. The van der Waals surface area contributed by atoms with E-state index in [2.05, 4.69) is 10.4 Å². The summed E-state index contributed by atoms with van der Waals surface area (Å²) in [7, 11) is 0. The molecule has 5 nitrogen and oxygen atoms in total. The number of hydrogen-bond donors (Lipinski definition) is 2. The molecule has 10 heteroatoms. The van der Waals surface area contributed by atoms with E-state index in [0.29, 0.717) is 12.8 Å². The number of alkyl halides is 2. The number of hydrogen-bond acceptors (Lipinski definition) is 3. The predicted octanol–water partition coefficient (Wildman–Crippen LogP) is 3.49. The van der Waals surface area contributed by atoms with Crippen molar-refractivity contribution in [1.82, 2.24) is 15.1 Å². The van der Waals surface area contributed by atoms with Gasteiger partial charge >= 0.3 is 5.97 Å². The first-order chi connectivity index (χ1) is 12.7. The second-order valence-corrected chi connectivity index (χ2v) is 6.77. The van der Waals surface area contributed by atoms with E-state index in [0.717, 1.165) is 16.8 Å². The van der Waals surface area contributed by atoms with Crippen LogP contribution in [0.5, 0.6) is 0 Å². The van der Waals surface area contributed by atoms with Gasteiger partial charge < -0.3 is 10.4 Å². The molecule has 0 bridgehead atoms. The van der Waals surface area contributed by atoms with Crippen molar-refractivity contribution < 1.29 is 27.5 Å². The smallest absolute Gasteiger partial charge is 0.356 e. The first-order valence-corrected chi connectivity index (χ1v) is 8.57. The van der Waals surface area contributed by atoms with Crippen LogP contribution in [0.3, 0.4) is 0 Å². The molecule has 0 aliphatic heterocycles. The van der Waals surface area contributed by atoms with Crippen molar-refractivity contribution in [3.8, 4) is 0 Å². The summed E-state index contributed by atoms with van der Waals surface area (Å²) >= 11 is 6.17. The summed E-state index contributed by atoms with van der Waals surface area (Å²) < 4.78 is 54.5. The molecule has 1 saturated carbocycles. The molecule has 0 amide bonds. The van der Waals surface area contributed by atoms with Crippen LogP contribution in [0, 0.1) is 11.6 Å². The molecule has 0 radical (unpaired) electrons. The van der Waals surface area contributed by atoms with Gasteiger partial charge in [0.2, 0.25) is 0 Å². The number of aromatic nitrogens is 2. The average molecular weight is 406 g/mol. The second-order valence-electron chi connectivity index (χ2n) is 6.41. The molecule has 3 rings (SSSR count). The Morgan fingerprint density at radius 2 is 1.93 bits per heavy atom. The normalized spacial score (nSPS) is 15.3. The van der Waals surface area contributed by atoms with E-state index in [-0.39, 0.29) is 34.9 Å². The maximum Gasteiger partial charge on any atom is 0.356 e. The van der Waals surface area contributed by atoms with Crippen molar-refractivity contribution in [2.24, 2.45) is 0 Å². The van der Waals surface area contributed by atoms with Crippen molar-refractivity contribution in [2.45, 2.75) is 37.8 Å². The summed E-state index contributed by atoms with van der Waals surface area (Å²) in [6, 6.07) is 3.34. The van der Waals surface area contributed by atoms with Crippen LogP contribution in [0.15, 0.2) is 18.2 Å². The first kappa shape index (κ1) is 19.6.